The summed E-state index contributed by atoms with van der Waals surface area (Å²) in [6.45, 7) is 0. The summed E-state index contributed by atoms with van der Waals surface area (Å²) in [7, 11) is 3.19. The largest absolute Gasteiger partial charge is 0.340 e. The topological polar surface area (TPSA) is 68.9 Å². The van der Waals surface area contributed by atoms with Crippen LogP contribution in [0.1, 0.15) is 27.6 Å². The molecule has 1 aliphatic rings. The van der Waals surface area contributed by atoms with Gasteiger partial charge in [-0.2, -0.15) is 0 Å². The zero-order valence-corrected chi connectivity index (χ0v) is 21.1. The fourth-order valence-electron chi connectivity index (χ4n) is 4.79. The highest BCUT2D eigenvalue weighted by molar-refractivity contribution is 7.19. The number of thiazole rings is 1. The van der Waals surface area contributed by atoms with Crippen LogP contribution in [-0.4, -0.2) is 14.1 Å². The average Bonchev–Trinajstić information content (AvgIpc) is 3.34. The number of hydrogen-bond donors (Lipinski definition) is 1. The van der Waals surface area contributed by atoms with Gasteiger partial charge in [-0.25, -0.2) is 9.78 Å². The summed E-state index contributed by atoms with van der Waals surface area (Å²) in [5.41, 5.74) is 4.17. The second kappa shape index (κ2) is 8.62. The summed E-state index contributed by atoms with van der Waals surface area (Å²) in [6, 6.07) is 25.4. The van der Waals surface area contributed by atoms with E-state index in [4.69, 9.17) is 16.6 Å². The predicted molar refractivity (Wildman–Crippen MR) is 147 cm³/mol. The number of allylic oxidation sites excluding steroid dienone is 1. The molecule has 0 saturated heterocycles. The van der Waals surface area contributed by atoms with Crippen LogP contribution in [0.2, 0.25) is 5.02 Å². The second-order valence-electron chi connectivity index (χ2n) is 8.72. The van der Waals surface area contributed by atoms with E-state index in [1.807, 2.05) is 78.9 Å². The van der Waals surface area contributed by atoms with Crippen molar-refractivity contribution in [2.45, 2.75) is 5.92 Å². The number of para-hydroxylation sites is 1. The number of aromatic nitrogens is 3. The number of benzene rings is 3. The number of halogens is 1. The Morgan fingerprint density at radius 2 is 1.58 bits per heavy atom. The molecular formula is C28H21ClN4O2S. The van der Waals surface area contributed by atoms with Gasteiger partial charge in [0, 0.05) is 30.6 Å². The molecule has 0 unspecified atom stereocenters. The highest BCUT2D eigenvalue weighted by Gasteiger charge is 2.37. The standard InChI is InChI=1S/C28H21ClN4O2S/c1-32-25-23(27(34)33(2)28(32)35)21(16-12-14-18(29)15-13-16)22(24(31-25)17-8-4-3-5-9-17)26-30-19-10-6-7-11-20(19)36-26/h3-15,21,31H,1-2H3/t21-/m1/s1. The van der Waals surface area contributed by atoms with E-state index in [1.165, 1.54) is 11.6 Å². The normalized spacial score (nSPS) is 15.1. The molecule has 0 radical (unpaired) electrons. The van der Waals surface area contributed by atoms with Crippen LogP contribution in [0.25, 0.3) is 21.5 Å². The fraction of sp³-hybridized carbons (Fsp3) is 0.107. The molecule has 1 aliphatic heterocycles. The Morgan fingerprint density at radius 3 is 2.31 bits per heavy atom. The van der Waals surface area contributed by atoms with Crippen LogP contribution < -0.4 is 16.6 Å². The molecule has 0 aliphatic carbocycles. The molecule has 0 spiro atoms. The number of nitrogens with zero attached hydrogens (tertiary/aromatic N) is 3. The Kier molecular flexibility index (Phi) is 5.39. The lowest BCUT2D eigenvalue weighted by Gasteiger charge is -2.32. The zero-order valence-electron chi connectivity index (χ0n) is 19.5. The van der Waals surface area contributed by atoms with E-state index in [9.17, 15) is 9.59 Å². The van der Waals surface area contributed by atoms with Crippen LogP contribution in [-0.2, 0) is 14.1 Å². The lowest BCUT2D eigenvalue weighted by molar-refractivity contribution is 0.673. The van der Waals surface area contributed by atoms with Crippen molar-refractivity contribution in [3.8, 4) is 0 Å². The first-order valence-electron chi connectivity index (χ1n) is 11.4. The molecule has 2 aromatic heterocycles. The SMILES string of the molecule is Cn1c2c(c(=O)n(C)c1=O)[C@H](c1ccc(Cl)cc1)C(c1nc3ccccc3s1)=C(c1ccccc1)N2. The van der Waals surface area contributed by atoms with Crippen LogP contribution >= 0.6 is 22.9 Å². The third-order valence-electron chi connectivity index (χ3n) is 6.58. The molecule has 0 amide bonds. The van der Waals surface area contributed by atoms with Crippen molar-refractivity contribution in [3.05, 3.63) is 126 Å². The van der Waals surface area contributed by atoms with Crippen molar-refractivity contribution in [3.63, 3.8) is 0 Å². The maximum absolute atomic E-state index is 13.7. The summed E-state index contributed by atoms with van der Waals surface area (Å²) in [5.74, 6) is 0.00606. The van der Waals surface area contributed by atoms with Crippen LogP contribution in [0, 0.1) is 0 Å². The molecule has 6 nitrogen and oxygen atoms in total. The van der Waals surface area contributed by atoms with E-state index in [1.54, 1.807) is 18.4 Å². The van der Waals surface area contributed by atoms with Crippen molar-refractivity contribution >= 4 is 50.2 Å². The molecule has 0 fully saturated rings. The maximum atomic E-state index is 13.7. The van der Waals surface area contributed by atoms with Crippen molar-refractivity contribution in [1.29, 1.82) is 0 Å². The van der Waals surface area contributed by atoms with Gasteiger partial charge in [0.15, 0.2) is 0 Å². The summed E-state index contributed by atoms with van der Waals surface area (Å²) >= 11 is 7.82. The van der Waals surface area contributed by atoms with E-state index in [0.717, 1.165) is 42.2 Å². The average molecular weight is 513 g/mol. The Hall–Kier alpha value is -3.94. The van der Waals surface area contributed by atoms with E-state index in [0.29, 0.717) is 16.4 Å². The Morgan fingerprint density at radius 1 is 0.889 bits per heavy atom. The maximum Gasteiger partial charge on any atom is 0.332 e. The van der Waals surface area contributed by atoms with Gasteiger partial charge in [0.2, 0.25) is 0 Å². The van der Waals surface area contributed by atoms with Crippen molar-refractivity contribution in [2.75, 3.05) is 5.32 Å². The van der Waals surface area contributed by atoms with Crippen molar-refractivity contribution in [1.82, 2.24) is 14.1 Å². The summed E-state index contributed by atoms with van der Waals surface area (Å²) in [6.07, 6.45) is 0. The molecule has 6 rings (SSSR count). The highest BCUT2D eigenvalue weighted by atomic mass is 35.5. The van der Waals surface area contributed by atoms with Gasteiger partial charge in [-0.3, -0.25) is 13.9 Å². The first-order chi connectivity index (χ1) is 17.4. The van der Waals surface area contributed by atoms with Crippen LogP contribution in [0.3, 0.4) is 0 Å². The van der Waals surface area contributed by atoms with Crippen molar-refractivity contribution < 1.29 is 0 Å². The van der Waals surface area contributed by atoms with Gasteiger partial charge in [-0.05, 0) is 35.4 Å². The van der Waals surface area contributed by atoms with E-state index in [2.05, 4.69) is 5.32 Å². The quantitative estimate of drug-likeness (QED) is 0.348. The fourth-order valence-corrected chi connectivity index (χ4v) is 5.97. The first-order valence-corrected chi connectivity index (χ1v) is 12.6. The van der Waals surface area contributed by atoms with Crippen LogP contribution in [0.5, 0.6) is 0 Å². The van der Waals surface area contributed by atoms with Gasteiger partial charge in [0.25, 0.3) is 5.56 Å². The Bertz CT molecular complexity index is 1750. The first kappa shape index (κ1) is 22.5. The number of nitrogens with one attached hydrogen (secondary N) is 1. The van der Waals surface area contributed by atoms with Crippen molar-refractivity contribution in [2.24, 2.45) is 14.1 Å². The zero-order chi connectivity index (χ0) is 25.0. The summed E-state index contributed by atoms with van der Waals surface area (Å²) < 4.78 is 3.71. The summed E-state index contributed by atoms with van der Waals surface area (Å²) in [4.78, 5) is 31.6. The Labute approximate surface area is 215 Å². The molecule has 5 aromatic rings. The minimum Gasteiger partial charge on any atom is -0.340 e. The molecule has 178 valence electrons. The van der Waals surface area contributed by atoms with Gasteiger partial charge >= 0.3 is 5.69 Å². The molecule has 3 heterocycles. The van der Waals surface area contributed by atoms with E-state index < -0.39 is 11.6 Å². The molecule has 1 atom stereocenters. The predicted octanol–water partition coefficient (Wildman–Crippen LogP) is 5.47. The molecule has 36 heavy (non-hydrogen) atoms. The number of hydrogen-bond acceptors (Lipinski definition) is 5. The molecule has 0 bridgehead atoms. The monoisotopic (exact) mass is 512 g/mol. The minimum absolute atomic E-state index is 0.341. The molecule has 0 saturated carbocycles. The lowest BCUT2D eigenvalue weighted by atomic mass is 9.81. The van der Waals surface area contributed by atoms with Gasteiger partial charge in [-0.1, -0.05) is 66.2 Å². The molecular weight excluding hydrogens is 492 g/mol. The smallest absolute Gasteiger partial charge is 0.332 e. The van der Waals surface area contributed by atoms with Gasteiger partial charge in [0.1, 0.15) is 10.8 Å². The third kappa shape index (κ3) is 3.51. The number of fused-ring (bicyclic) bond motifs is 2. The third-order valence-corrected chi connectivity index (χ3v) is 7.90. The van der Waals surface area contributed by atoms with Gasteiger partial charge < -0.3 is 5.32 Å². The lowest BCUT2D eigenvalue weighted by Crippen LogP contribution is -2.42. The van der Waals surface area contributed by atoms with Gasteiger partial charge in [0.05, 0.1) is 21.5 Å². The van der Waals surface area contributed by atoms with Crippen LogP contribution in [0.4, 0.5) is 5.82 Å². The van der Waals surface area contributed by atoms with E-state index >= 15 is 0 Å². The van der Waals surface area contributed by atoms with Crippen LogP contribution in [0.15, 0.2) is 88.5 Å². The number of rotatable bonds is 3. The minimum atomic E-state index is -0.472. The molecule has 1 N–H and O–H groups in total. The summed E-state index contributed by atoms with van der Waals surface area (Å²) in [5, 5.41) is 4.88. The highest BCUT2D eigenvalue weighted by Crippen LogP contribution is 2.48. The second-order valence-corrected chi connectivity index (χ2v) is 10.2. The Balaban J connectivity index is 1.76. The van der Waals surface area contributed by atoms with Gasteiger partial charge in [-0.15, -0.1) is 11.3 Å². The van der Waals surface area contributed by atoms with E-state index in [-0.39, 0.29) is 5.56 Å². The molecule has 3 aromatic carbocycles. The molecule has 8 heteroatoms. The number of anilines is 1.